The summed E-state index contributed by atoms with van der Waals surface area (Å²) in [5.74, 6) is -0.153. The molecule has 0 spiro atoms. The summed E-state index contributed by atoms with van der Waals surface area (Å²) in [6, 6.07) is 6.15. The first-order valence-corrected chi connectivity index (χ1v) is 22.4. The minimum absolute atomic E-state index is 0.117. The van der Waals surface area contributed by atoms with E-state index in [2.05, 4.69) is 13.8 Å². The van der Waals surface area contributed by atoms with Gasteiger partial charge in [0.1, 0.15) is 24.7 Å². The maximum absolute atomic E-state index is 12.7. The van der Waals surface area contributed by atoms with E-state index in [9.17, 15) is 19.0 Å². The number of phosphoric acid groups is 1. The zero-order valence-corrected chi connectivity index (χ0v) is 34.2. The number of ether oxygens (including phenoxy) is 3. The maximum Gasteiger partial charge on any atom is 0.527 e. The average Bonchev–Trinajstić information content (AvgIpc) is 3.13. The van der Waals surface area contributed by atoms with Crippen LogP contribution in [0.2, 0.25) is 0 Å². The summed E-state index contributed by atoms with van der Waals surface area (Å²) in [7, 11) is -3.03. The highest BCUT2D eigenvalue weighted by atomic mass is 31.2. The molecule has 0 saturated heterocycles. The molecule has 9 nitrogen and oxygen atoms in total. The van der Waals surface area contributed by atoms with Gasteiger partial charge in [-0.25, -0.2) is 4.57 Å². The minimum Gasteiger partial charge on any atom is -0.497 e. The number of unbranched alkanes of at least 4 members (excludes halogenated alkanes) is 24. The highest BCUT2D eigenvalue weighted by Gasteiger charge is 2.27. The number of esters is 2. The molecule has 0 aliphatic carbocycles. The third-order valence-electron chi connectivity index (χ3n) is 9.40. The van der Waals surface area contributed by atoms with Crippen molar-refractivity contribution in [1.82, 2.24) is 0 Å². The molecular weight excluding hydrogens is 679 g/mol. The van der Waals surface area contributed by atoms with E-state index in [4.69, 9.17) is 23.3 Å². The number of methoxy groups -OCH3 is 1. The Morgan fingerprint density at radius 1 is 0.558 bits per heavy atom. The fourth-order valence-corrected chi connectivity index (χ4v) is 6.96. The maximum atomic E-state index is 12.7. The van der Waals surface area contributed by atoms with Crippen LogP contribution in [0.25, 0.3) is 0 Å². The summed E-state index contributed by atoms with van der Waals surface area (Å²) in [5.41, 5.74) is 0. The predicted octanol–water partition coefficient (Wildman–Crippen LogP) is 12.6. The Labute approximate surface area is 317 Å². The minimum atomic E-state index is -4.55. The van der Waals surface area contributed by atoms with E-state index in [1.165, 1.54) is 141 Å². The number of carbonyl (C=O) groups excluding carboxylic acids is 2. The molecule has 0 amide bonds. The third-order valence-corrected chi connectivity index (χ3v) is 10.3. The van der Waals surface area contributed by atoms with Crippen molar-refractivity contribution in [2.24, 2.45) is 0 Å². The summed E-state index contributed by atoms with van der Waals surface area (Å²) in [6.45, 7) is 3.78. The number of hydrogen-bond acceptors (Lipinski definition) is 8. The Morgan fingerprint density at radius 2 is 0.923 bits per heavy atom. The molecule has 0 fully saturated rings. The van der Waals surface area contributed by atoms with E-state index in [0.717, 1.165) is 38.5 Å². The Morgan fingerprint density at radius 3 is 1.33 bits per heavy atom. The summed E-state index contributed by atoms with van der Waals surface area (Å²) < 4.78 is 39.1. The molecule has 0 aliphatic rings. The van der Waals surface area contributed by atoms with Gasteiger partial charge in [0.15, 0.2) is 6.10 Å². The van der Waals surface area contributed by atoms with Crippen LogP contribution in [0.1, 0.15) is 194 Å². The number of benzene rings is 1. The molecule has 1 N–H and O–H groups in total. The van der Waals surface area contributed by atoms with Gasteiger partial charge in [-0.05, 0) is 37.1 Å². The highest BCUT2D eigenvalue weighted by molar-refractivity contribution is 7.47. The largest absolute Gasteiger partial charge is 0.527 e. The van der Waals surface area contributed by atoms with E-state index in [-0.39, 0.29) is 31.2 Å². The lowest BCUT2D eigenvalue weighted by atomic mass is 10.0. The second-order valence-electron chi connectivity index (χ2n) is 14.3. The number of hydrogen-bond donors (Lipinski definition) is 1. The zero-order valence-electron chi connectivity index (χ0n) is 33.3. The molecule has 2 atom stereocenters. The Balaban J connectivity index is 2.37. The molecule has 10 heteroatoms. The topological polar surface area (TPSA) is 118 Å². The van der Waals surface area contributed by atoms with Gasteiger partial charge in [0.2, 0.25) is 0 Å². The van der Waals surface area contributed by atoms with E-state index < -0.39 is 26.5 Å². The molecular formula is C42H75O9P. The van der Waals surface area contributed by atoms with E-state index in [1.54, 1.807) is 12.1 Å². The number of rotatable bonds is 37. The first-order valence-electron chi connectivity index (χ1n) is 21.0. The quantitative estimate of drug-likeness (QED) is 0.0402. The fraction of sp³-hybridized carbons (Fsp3) is 0.810. The molecule has 0 aliphatic heterocycles. The summed E-state index contributed by atoms with van der Waals surface area (Å²) in [4.78, 5) is 35.5. The molecule has 1 aromatic rings. The van der Waals surface area contributed by atoms with Crippen molar-refractivity contribution in [1.29, 1.82) is 0 Å². The van der Waals surface area contributed by atoms with Crippen molar-refractivity contribution in [2.75, 3.05) is 20.3 Å². The fourth-order valence-electron chi connectivity index (χ4n) is 6.17. The van der Waals surface area contributed by atoms with Crippen molar-refractivity contribution in [3.8, 4) is 11.5 Å². The van der Waals surface area contributed by atoms with Gasteiger partial charge in [-0.2, -0.15) is 0 Å². The van der Waals surface area contributed by atoms with Gasteiger partial charge in [0.05, 0.1) is 7.11 Å². The molecule has 52 heavy (non-hydrogen) atoms. The zero-order chi connectivity index (χ0) is 38.0. The summed E-state index contributed by atoms with van der Waals surface area (Å²) in [5, 5.41) is 0. The van der Waals surface area contributed by atoms with Crippen LogP contribution in [-0.2, 0) is 28.2 Å². The van der Waals surface area contributed by atoms with Crippen LogP contribution in [0.4, 0.5) is 0 Å². The third kappa shape index (κ3) is 29.4. The van der Waals surface area contributed by atoms with Gasteiger partial charge >= 0.3 is 19.8 Å². The SMILES string of the molecule is CCCCCCCCCCCCCCCC(=O)OC[C@H](COP(=O)(O)Oc1ccc(OC)cc1)OC(=O)CCCCCCCCCCCCCCC. The lowest BCUT2D eigenvalue weighted by Crippen LogP contribution is -2.29. The molecule has 0 radical (unpaired) electrons. The van der Waals surface area contributed by atoms with E-state index >= 15 is 0 Å². The van der Waals surface area contributed by atoms with Crippen molar-refractivity contribution >= 4 is 19.8 Å². The van der Waals surface area contributed by atoms with Crippen molar-refractivity contribution in [3.05, 3.63) is 24.3 Å². The van der Waals surface area contributed by atoms with Gasteiger partial charge < -0.3 is 18.7 Å². The van der Waals surface area contributed by atoms with Crippen molar-refractivity contribution < 1.29 is 42.3 Å². The summed E-state index contributed by atoms with van der Waals surface area (Å²) in [6.07, 6.45) is 31.0. The standard InChI is InChI=1S/C42H75O9P/c1-4-6-8-10-12-14-16-18-20-22-24-26-28-30-41(43)48-36-40(37-49-52(45,46)51-39-34-32-38(47-3)33-35-39)50-42(44)31-29-27-25-23-21-19-17-15-13-11-9-7-5-2/h32-35,40H,4-31,36-37H2,1-3H3,(H,45,46)/t40-/m1/s1. The van der Waals surface area contributed by atoms with Crippen LogP contribution in [-0.4, -0.2) is 43.3 Å². The number of phosphoric ester groups is 1. The Bertz CT molecular complexity index is 1030. The lowest BCUT2D eigenvalue weighted by molar-refractivity contribution is -0.161. The van der Waals surface area contributed by atoms with Crippen LogP contribution < -0.4 is 9.26 Å². The van der Waals surface area contributed by atoms with E-state index in [0.29, 0.717) is 12.2 Å². The molecule has 0 saturated carbocycles. The smallest absolute Gasteiger partial charge is 0.497 e. The Hall–Kier alpha value is -2.09. The van der Waals surface area contributed by atoms with Crippen LogP contribution in [0.15, 0.2) is 24.3 Å². The first kappa shape index (κ1) is 47.9. The second kappa shape index (κ2) is 33.5. The Kier molecular flexibility index (Phi) is 30.9. The van der Waals surface area contributed by atoms with Crippen LogP contribution >= 0.6 is 7.82 Å². The molecule has 0 aromatic heterocycles. The van der Waals surface area contributed by atoms with Crippen molar-refractivity contribution in [2.45, 2.75) is 200 Å². The first-order chi connectivity index (χ1) is 25.3. The molecule has 0 heterocycles. The van der Waals surface area contributed by atoms with Gasteiger partial charge in [0, 0.05) is 12.8 Å². The molecule has 302 valence electrons. The monoisotopic (exact) mass is 755 g/mol. The van der Waals surface area contributed by atoms with Crippen molar-refractivity contribution in [3.63, 3.8) is 0 Å². The average molecular weight is 755 g/mol. The van der Waals surface area contributed by atoms with Crippen LogP contribution in [0.3, 0.4) is 0 Å². The molecule has 1 aromatic carbocycles. The number of carbonyl (C=O) groups is 2. The van der Waals surface area contributed by atoms with E-state index in [1.807, 2.05) is 0 Å². The normalized spacial score (nSPS) is 13.0. The van der Waals surface area contributed by atoms with Crippen LogP contribution in [0, 0.1) is 0 Å². The second-order valence-corrected chi connectivity index (χ2v) is 15.7. The van der Waals surface area contributed by atoms with Gasteiger partial charge in [0.25, 0.3) is 0 Å². The van der Waals surface area contributed by atoms with Gasteiger partial charge in [-0.3, -0.25) is 19.0 Å². The lowest BCUT2D eigenvalue weighted by Gasteiger charge is -2.20. The predicted molar refractivity (Wildman–Crippen MR) is 211 cm³/mol. The molecule has 1 rings (SSSR count). The van der Waals surface area contributed by atoms with Crippen LogP contribution in [0.5, 0.6) is 11.5 Å². The highest BCUT2D eigenvalue weighted by Crippen LogP contribution is 2.44. The van der Waals surface area contributed by atoms with Gasteiger partial charge in [-0.1, -0.05) is 168 Å². The van der Waals surface area contributed by atoms with Gasteiger partial charge in [-0.15, -0.1) is 0 Å². The molecule has 1 unspecified atom stereocenters. The molecule has 0 bridgehead atoms. The summed E-state index contributed by atoms with van der Waals surface area (Å²) >= 11 is 0.